The smallest absolute Gasteiger partial charge is 0.0371 e. The van der Waals surface area contributed by atoms with Crippen LogP contribution in [0.5, 0.6) is 0 Å². The third kappa shape index (κ3) is 10.2. The number of nitrogens with zero attached hydrogens (tertiary/aromatic N) is 6. The van der Waals surface area contributed by atoms with E-state index < -0.39 is 0 Å². The van der Waals surface area contributed by atoms with E-state index in [2.05, 4.69) is 198 Å². The number of esters is 1. The summed E-state index contributed by atoms with van der Waals surface area (Å²) in [6, 6.07) is 70.7. The molecule has 9 aromatic carbocycles. The normalized spacial score (nSPS) is 11.7. The molecule has 82 heavy (non-hydrogen) atoms. The summed E-state index contributed by atoms with van der Waals surface area (Å²) in [6.07, 6.45) is 11.9. The van der Waals surface area contributed by atoms with E-state index in [1.165, 1.54) is 133 Å². The van der Waals surface area contributed by atoms with Crippen LogP contribution in [0.25, 0.3) is 108 Å². The number of rotatable bonds is 20. The molecule has 0 saturated heterocycles. The molecule has 0 fully saturated rings. The van der Waals surface area contributed by atoms with Crippen LogP contribution in [0.2, 0.25) is 0 Å². The summed E-state index contributed by atoms with van der Waals surface area (Å²) >= 11 is 1.15. The van der Waals surface area contributed by atoms with E-state index in [1.54, 1.807) is 12.1 Å². The number of fused-ring (bicyclic) bond motifs is 7. The molecule has 8 nitrogen and oxygen atoms in total. The molecule has 0 amide bonds. The minimum Gasteiger partial charge on any atom is -0.0371 e. The topological polar surface area (TPSA) is 78.1 Å². The van der Waals surface area contributed by atoms with Gasteiger partial charge in [-0.2, -0.15) is 0 Å². The average Bonchev–Trinajstić information content (AvgIpc) is 4.44. The maximum absolute atomic E-state index is 12.4. The van der Waals surface area contributed by atoms with Crippen molar-refractivity contribution in [3.63, 3.8) is 0 Å². The molecule has 0 atom stereocenters. The summed E-state index contributed by atoms with van der Waals surface area (Å²) in [4.78, 5) is 19.7. The van der Waals surface area contributed by atoms with Gasteiger partial charge < -0.3 is 9.13 Å². The fourth-order valence-electron chi connectivity index (χ4n) is 12.0. The maximum atomic E-state index is 12.4. The Kier molecular flexibility index (Phi) is 15.2. The first-order chi connectivity index (χ1) is 40.5. The molecule has 13 rings (SSSR count). The quantitative estimate of drug-likeness (QED) is 0.0430. The number of hydrogen-bond acceptors (Lipinski definition) is 7. The van der Waals surface area contributed by atoms with E-state index in [0.29, 0.717) is 12.2 Å². The number of hydrogen-bond donors (Lipinski definition) is 0. The monoisotopic (exact) mass is 1160 g/mol. The van der Waals surface area contributed by atoms with Crippen LogP contribution in [0.15, 0.2) is 200 Å². The zero-order valence-electron chi connectivity index (χ0n) is 46.6. The van der Waals surface area contributed by atoms with Crippen molar-refractivity contribution in [3.05, 3.63) is 206 Å². The predicted molar refractivity (Wildman–Crippen MR) is 344 cm³/mol. The van der Waals surface area contributed by atoms with Crippen molar-refractivity contribution in [3.8, 4) is 53.5 Å². The van der Waals surface area contributed by atoms with E-state index in [0.717, 1.165) is 68.0 Å². The number of carbonyl (C=O) groups is 1. The Morgan fingerprint density at radius 2 is 0.939 bits per heavy atom. The van der Waals surface area contributed by atoms with Crippen LogP contribution in [-0.2, 0) is 17.8 Å². The second-order valence-corrected chi connectivity index (χ2v) is 24.0. The van der Waals surface area contributed by atoms with Crippen molar-refractivity contribution in [1.82, 2.24) is 22.9 Å². The fourth-order valence-corrected chi connectivity index (χ4v) is 14.5. The summed E-state index contributed by atoms with van der Waals surface area (Å²) < 4.78 is 22.0. The molecule has 4 aromatic heterocycles. The van der Waals surface area contributed by atoms with Gasteiger partial charge in [-0.25, -0.2) is 0 Å². The van der Waals surface area contributed by atoms with Crippen LogP contribution < -0.4 is 4.90 Å². The van der Waals surface area contributed by atoms with Crippen molar-refractivity contribution >= 4 is 104 Å². The number of carbonyl (C=O) groups excluding carboxylic acids is 1. The van der Waals surface area contributed by atoms with Crippen LogP contribution in [0, 0.1) is 0 Å². The van der Waals surface area contributed by atoms with E-state index in [4.69, 9.17) is 18.5 Å². The van der Waals surface area contributed by atoms with Gasteiger partial charge >= 0.3 is 294 Å². The second-order valence-electron chi connectivity index (χ2n) is 21.3. The summed E-state index contributed by atoms with van der Waals surface area (Å²) in [7, 11) is 0. The zero-order valence-corrected chi connectivity index (χ0v) is 49.2. The number of ether oxygens (including phenoxy) is 1. The van der Waals surface area contributed by atoms with Crippen LogP contribution in [-0.4, -0.2) is 49.9 Å². The molecule has 0 aliphatic rings. The Morgan fingerprint density at radius 1 is 0.476 bits per heavy atom. The second kappa shape index (κ2) is 23.6. The van der Waals surface area contributed by atoms with Crippen molar-refractivity contribution < 1.29 is 9.53 Å². The first-order valence-electron chi connectivity index (χ1n) is 29.1. The molecule has 0 N–H and O–H groups in total. The predicted octanol–water partition coefficient (Wildman–Crippen LogP) is 19.5. The van der Waals surface area contributed by atoms with Gasteiger partial charge in [-0.1, -0.05) is 88.8 Å². The molecule has 0 radical (unpaired) electrons. The van der Waals surface area contributed by atoms with Gasteiger partial charge in [-0.15, -0.1) is 0 Å². The third-order valence-electron chi connectivity index (χ3n) is 16.2. The third-order valence-corrected chi connectivity index (χ3v) is 19.0. The molecule has 0 unspecified atom stereocenters. The van der Waals surface area contributed by atoms with Crippen LogP contribution in [0.4, 0.5) is 17.1 Å². The molecule has 4 heterocycles. The van der Waals surface area contributed by atoms with E-state index in [9.17, 15) is 4.79 Å². The molecule has 406 valence electrons. The van der Waals surface area contributed by atoms with Gasteiger partial charge in [-0.3, -0.25) is 0 Å². The summed E-state index contributed by atoms with van der Waals surface area (Å²) in [5, 5.41) is 5.24. The van der Waals surface area contributed by atoms with Gasteiger partial charge in [0.25, 0.3) is 0 Å². The van der Waals surface area contributed by atoms with Gasteiger partial charge in [0.05, 0.1) is 0 Å². The molecule has 0 saturated carbocycles. The number of aromatic nitrogens is 5. The Balaban J connectivity index is 0.820. The van der Waals surface area contributed by atoms with Crippen LogP contribution >= 0.6 is 11.7 Å². The van der Waals surface area contributed by atoms with Crippen LogP contribution in [0.1, 0.15) is 82.5 Å². The fraction of sp³-hybridized carbons (Fsp3) is 0.194. The number of para-hydroxylation sites is 2. The summed E-state index contributed by atoms with van der Waals surface area (Å²) in [5.74, 6) is -0.326. The van der Waals surface area contributed by atoms with Gasteiger partial charge in [0, 0.05) is 56.7 Å². The van der Waals surface area contributed by atoms with Crippen molar-refractivity contribution in [1.29, 1.82) is 0 Å². The zero-order chi connectivity index (χ0) is 55.5. The standard InChI is InChI=1S/C72H64N6O2SSe/c1-4-7-9-15-43-76-64-19-13-11-17-59(64)62-45-53(31-41-66(62)76)48-25-33-55(34-26-48)78(56-35-27-49(28-36-56)54-32-42-67-63(46-54)60-18-12-14-20-65(60)77(67)44-16-10-8-5-2)57-37-29-51(30-38-57)68-47-73-71(82-68)61-40-39-58(69-70(61)75-81-74-69)50-21-23-52(24-22-50)72(79)80-6-3/h11-14,17-42,45-47H,4-10,15-16,43-44H2,1-3H3. The first-order valence-corrected chi connectivity index (χ1v) is 31.5. The number of anilines is 3. The molecule has 0 aliphatic carbocycles. The minimum atomic E-state index is -0.326. The molecule has 0 bridgehead atoms. The minimum absolute atomic E-state index is 0.0642. The van der Waals surface area contributed by atoms with Crippen molar-refractivity contribution in [2.45, 2.75) is 85.2 Å². The Hall–Kier alpha value is -8.40. The first kappa shape index (κ1) is 52.9. The summed E-state index contributed by atoms with van der Waals surface area (Å²) in [5.41, 5.74) is 19.5. The molecule has 0 spiro atoms. The van der Waals surface area contributed by atoms with E-state index >= 15 is 0 Å². The SMILES string of the molecule is CCCCCCn1c2ccccc2c2cc(-c3ccc(N(c4ccc(-c5ccc6c(c5)c5ccccc5n6CCCCCC)cc4)c4ccc(-c5cnc(-c6ccc(-c7ccc(C(=O)OCC)cc7)c7nsnc67)[se]5)cc4)cc3)ccc21. The van der Waals surface area contributed by atoms with Crippen molar-refractivity contribution in [2.75, 3.05) is 11.5 Å². The Bertz CT molecular complexity index is 4230. The number of benzene rings is 9. The molecular weight excluding hydrogens is 1090 g/mol. The summed E-state index contributed by atoms with van der Waals surface area (Å²) in [6.45, 7) is 8.77. The van der Waals surface area contributed by atoms with Crippen LogP contribution in [0.3, 0.4) is 0 Å². The molecule has 0 aliphatic heterocycles. The molecular formula is C72H64N6O2SSe. The average molecular weight is 1160 g/mol. The van der Waals surface area contributed by atoms with E-state index in [1.807, 2.05) is 25.3 Å². The number of unbranched alkanes of at least 4 members (excludes halogenated alkanes) is 6. The van der Waals surface area contributed by atoms with Gasteiger partial charge in [0.1, 0.15) is 0 Å². The van der Waals surface area contributed by atoms with E-state index in [-0.39, 0.29) is 20.5 Å². The Morgan fingerprint density at radius 3 is 1.46 bits per heavy atom. The Labute approximate surface area is 489 Å². The molecule has 13 aromatic rings. The van der Waals surface area contributed by atoms with Gasteiger partial charge in [-0.05, 0) is 44.0 Å². The molecule has 10 heteroatoms. The van der Waals surface area contributed by atoms with Crippen molar-refractivity contribution in [2.24, 2.45) is 0 Å². The number of aryl methyl sites for hydroxylation is 2. The van der Waals surface area contributed by atoms with Gasteiger partial charge in [0.15, 0.2) is 0 Å². The van der Waals surface area contributed by atoms with Gasteiger partial charge in [0.2, 0.25) is 0 Å².